The van der Waals surface area contributed by atoms with Crippen LogP contribution in [0.4, 0.5) is 0 Å². The number of piperidine rings is 1. The van der Waals surface area contributed by atoms with Crippen LogP contribution in [0, 0.1) is 6.92 Å². The molecule has 0 aliphatic carbocycles. The van der Waals surface area contributed by atoms with Gasteiger partial charge in [-0.15, -0.1) is 0 Å². The number of rotatable bonds is 2. The Bertz CT molecular complexity index is 393. The number of hydrogen-bond acceptors (Lipinski definition) is 3. The first kappa shape index (κ1) is 11.2. The molecule has 1 aromatic heterocycles. The van der Waals surface area contributed by atoms with Crippen molar-refractivity contribution in [3.05, 3.63) is 29.6 Å². The highest BCUT2D eigenvalue weighted by molar-refractivity contribution is 5.17. The summed E-state index contributed by atoms with van der Waals surface area (Å²) < 4.78 is 0. The van der Waals surface area contributed by atoms with Crippen LogP contribution >= 0.6 is 0 Å². The summed E-state index contributed by atoms with van der Waals surface area (Å²) in [6.45, 7) is 3.09. The minimum atomic E-state index is -0.0700. The third kappa shape index (κ3) is 2.22. The zero-order chi connectivity index (χ0) is 11.8. The fourth-order valence-corrected chi connectivity index (χ4v) is 3.42. The monoisotopic (exact) mass is 232 g/mol. The van der Waals surface area contributed by atoms with Gasteiger partial charge in [0.2, 0.25) is 0 Å². The Labute approximate surface area is 102 Å². The first-order valence-corrected chi connectivity index (χ1v) is 6.56. The lowest BCUT2D eigenvalue weighted by Gasteiger charge is -2.37. The van der Waals surface area contributed by atoms with Gasteiger partial charge < -0.3 is 5.11 Å². The van der Waals surface area contributed by atoms with E-state index in [4.69, 9.17) is 0 Å². The van der Waals surface area contributed by atoms with Gasteiger partial charge in [-0.2, -0.15) is 0 Å². The number of fused-ring (bicyclic) bond motifs is 2. The maximum Gasteiger partial charge on any atom is 0.0570 e. The molecule has 0 saturated carbocycles. The Balaban J connectivity index is 1.74. The van der Waals surface area contributed by atoms with Gasteiger partial charge in [-0.1, -0.05) is 6.07 Å². The third-order valence-corrected chi connectivity index (χ3v) is 4.16. The standard InChI is InChI=1S/C14H20N2O/c1-10-4-11(8-15-7-10)9-16-12-2-3-13(16)6-14(17)5-12/h4,7-8,12-14,17H,2-3,5-6,9H2,1H3. The van der Waals surface area contributed by atoms with Gasteiger partial charge in [0.15, 0.2) is 0 Å². The summed E-state index contributed by atoms with van der Waals surface area (Å²) in [4.78, 5) is 6.83. The van der Waals surface area contributed by atoms with Gasteiger partial charge in [-0.25, -0.2) is 0 Å². The van der Waals surface area contributed by atoms with Crippen molar-refractivity contribution in [2.75, 3.05) is 0 Å². The Morgan fingerprint density at radius 1 is 1.29 bits per heavy atom. The molecule has 3 heterocycles. The summed E-state index contributed by atoms with van der Waals surface area (Å²) in [6.07, 6.45) is 8.21. The zero-order valence-electron chi connectivity index (χ0n) is 10.3. The van der Waals surface area contributed by atoms with Crippen molar-refractivity contribution in [3.8, 4) is 0 Å². The molecular formula is C14H20N2O. The van der Waals surface area contributed by atoms with Crippen LogP contribution in [0.1, 0.15) is 36.8 Å². The van der Waals surface area contributed by atoms with Gasteiger partial charge in [-0.3, -0.25) is 9.88 Å². The van der Waals surface area contributed by atoms with Crippen molar-refractivity contribution in [2.24, 2.45) is 0 Å². The number of hydrogen-bond donors (Lipinski definition) is 1. The van der Waals surface area contributed by atoms with E-state index in [0.717, 1.165) is 19.4 Å². The third-order valence-electron chi connectivity index (χ3n) is 4.16. The van der Waals surface area contributed by atoms with Crippen molar-refractivity contribution >= 4 is 0 Å². The molecule has 0 aromatic carbocycles. The second-order valence-corrected chi connectivity index (χ2v) is 5.55. The van der Waals surface area contributed by atoms with Crippen LogP contribution in [0.5, 0.6) is 0 Å². The number of aliphatic hydroxyl groups excluding tert-OH is 1. The minimum Gasteiger partial charge on any atom is -0.393 e. The lowest BCUT2D eigenvalue weighted by Crippen LogP contribution is -2.44. The molecule has 3 nitrogen and oxygen atoms in total. The van der Waals surface area contributed by atoms with Crippen molar-refractivity contribution in [3.63, 3.8) is 0 Å². The highest BCUT2D eigenvalue weighted by atomic mass is 16.3. The molecule has 0 amide bonds. The van der Waals surface area contributed by atoms with Gasteiger partial charge in [0.25, 0.3) is 0 Å². The number of aliphatic hydroxyl groups is 1. The van der Waals surface area contributed by atoms with Crippen LogP contribution in [0.25, 0.3) is 0 Å². The van der Waals surface area contributed by atoms with E-state index in [2.05, 4.69) is 22.9 Å². The van der Waals surface area contributed by atoms with E-state index < -0.39 is 0 Å². The average Bonchev–Trinajstić information content (AvgIpc) is 2.54. The normalized spacial score (nSPS) is 32.9. The molecular weight excluding hydrogens is 212 g/mol. The zero-order valence-corrected chi connectivity index (χ0v) is 10.3. The molecule has 0 radical (unpaired) electrons. The second kappa shape index (κ2) is 4.39. The molecule has 1 N–H and O–H groups in total. The molecule has 3 rings (SSSR count). The molecule has 2 bridgehead atoms. The lowest BCUT2D eigenvalue weighted by molar-refractivity contribution is 0.0310. The fraction of sp³-hybridized carbons (Fsp3) is 0.643. The molecule has 2 fully saturated rings. The smallest absolute Gasteiger partial charge is 0.0570 e. The van der Waals surface area contributed by atoms with E-state index in [1.165, 1.54) is 24.0 Å². The fourth-order valence-electron chi connectivity index (χ4n) is 3.42. The first-order valence-electron chi connectivity index (χ1n) is 6.56. The SMILES string of the molecule is Cc1cncc(CN2C3CCC2CC(O)C3)c1. The van der Waals surface area contributed by atoms with Gasteiger partial charge in [0.1, 0.15) is 0 Å². The summed E-state index contributed by atoms with van der Waals surface area (Å²) in [5.74, 6) is 0. The van der Waals surface area contributed by atoms with Gasteiger partial charge in [0, 0.05) is 31.0 Å². The minimum absolute atomic E-state index is 0.0700. The van der Waals surface area contributed by atoms with E-state index in [1.807, 2.05) is 12.4 Å². The van der Waals surface area contributed by atoms with E-state index in [1.54, 1.807) is 0 Å². The number of pyridine rings is 1. The van der Waals surface area contributed by atoms with Crippen molar-refractivity contribution in [1.29, 1.82) is 0 Å². The molecule has 2 unspecified atom stereocenters. The van der Waals surface area contributed by atoms with E-state index in [-0.39, 0.29) is 6.10 Å². The molecule has 2 aliphatic heterocycles. The summed E-state index contributed by atoms with van der Waals surface area (Å²) >= 11 is 0. The van der Waals surface area contributed by atoms with Crippen molar-refractivity contribution in [2.45, 2.75) is 57.3 Å². The average molecular weight is 232 g/mol. The Morgan fingerprint density at radius 3 is 2.65 bits per heavy atom. The maximum atomic E-state index is 9.78. The molecule has 2 aliphatic rings. The van der Waals surface area contributed by atoms with E-state index >= 15 is 0 Å². The Morgan fingerprint density at radius 2 is 2.00 bits per heavy atom. The summed E-state index contributed by atoms with van der Waals surface area (Å²) in [7, 11) is 0. The van der Waals surface area contributed by atoms with Crippen LogP contribution < -0.4 is 0 Å². The molecule has 1 aromatic rings. The van der Waals surface area contributed by atoms with Crippen LogP contribution in [0.15, 0.2) is 18.5 Å². The van der Waals surface area contributed by atoms with Crippen LogP contribution in [-0.4, -0.2) is 33.2 Å². The summed E-state index contributed by atoms with van der Waals surface area (Å²) in [6, 6.07) is 3.39. The number of nitrogens with zero attached hydrogens (tertiary/aromatic N) is 2. The van der Waals surface area contributed by atoms with Crippen molar-refractivity contribution < 1.29 is 5.11 Å². The maximum absolute atomic E-state index is 9.78. The lowest BCUT2D eigenvalue weighted by atomic mass is 9.99. The molecule has 92 valence electrons. The number of aryl methyl sites for hydroxylation is 1. The van der Waals surface area contributed by atoms with Gasteiger partial charge in [0.05, 0.1) is 6.10 Å². The molecule has 3 heteroatoms. The first-order chi connectivity index (χ1) is 8.22. The molecule has 0 spiro atoms. The predicted molar refractivity (Wildman–Crippen MR) is 66.6 cm³/mol. The van der Waals surface area contributed by atoms with Crippen LogP contribution in [0.3, 0.4) is 0 Å². The summed E-state index contributed by atoms with van der Waals surface area (Å²) in [5.41, 5.74) is 2.53. The van der Waals surface area contributed by atoms with Crippen LogP contribution in [0.2, 0.25) is 0 Å². The van der Waals surface area contributed by atoms with Gasteiger partial charge in [-0.05, 0) is 43.7 Å². The second-order valence-electron chi connectivity index (χ2n) is 5.55. The van der Waals surface area contributed by atoms with Gasteiger partial charge >= 0.3 is 0 Å². The highest BCUT2D eigenvalue weighted by Crippen LogP contribution is 2.36. The topological polar surface area (TPSA) is 36.4 Å². The van der Waals surface area contributed by atoms with E-state index in [0.29, 0.717) is 12.1 Å². The Hall–Kier alpha value is -0.930. The van der Waals surface area contributed by atoms with E-state index in [9.17, 15) is 5.11 Å². The van der Waals surface area contributed by atoms with Crippen LogP contribution in [-0.2, 0) is 6.54 Å². The molecule has 17 heavy (non-hydrogen) atoms. The quantitative estimate of drug-likeness (QED) is 0.845. The largest absolute Gasteiger partial charge is 0.393 e. The molecule has 2 atom stereocenters. The Kier molecular flexibility index (Phi) is 2.89. The summed E-state index contributed by atoms with van der Waals surface area (Å²) in [5, 5.41) is 9.78. The highest BCUT2D eigenvalue weighted by Gasteiger charge is 2.39. The predicted octanol–water partition coefficient (Wildman–Crippen LogP) is 1.88. The molecule has 2 saturated heterocycles. The van der Waals surface area contributed by atoms with Crippen molar-refractivity contribution in [1.82, 2.24) is 9.88 Å². The number of aromatic nitrogens is 1.